The van der Waals surface area contributed by atoms with Crippen LogP contribution in [-0.4, -0.2) is 82.1 Å². The summed E-state index contributed by atoms with van der Waals surface area (Å²) in [4.78, 5) is 23.2. The third-order valence-corrected chi connectivity index (χ3v) is 6.98. The number of carboxylic acid groups (broad SMARTS) is 1. The predicted octanol–water partition coefficient (Wildman–Crippen LogP) is 1.88. The van der Waals surface area contributed by atoms with E-state index in [1.165, 1.54) is 12.2 Å². The summed E-state index contributed by atoms with van der Waals surface area (Å²) in [5.41, 5.74) is 0.291. The van der Waals surface area contributed by atoms with E-state index in [1.54, 1.807) is 13.0 Å². The third-order valence-electron chi connectivity index (χ3n) is 6.98. The Labute approximate surface area is 206 Å². The first kappa shape index (κ1) is 27.5. The quantitative estimate of drug-likeness (QED) is 0.217. The second kappa shape index (κ2) is 11.8. The van der Waals surface area contributed by atoms with Crippen molar-refractivity contribution >= 4 is 11.9 Å². The highest BCUT2D eigenvalue weighted by Gasteiger charge is 2.58. The number of hydrogen-bond donors (Lipinski definition) is 4. The first-order valence-corrected chi connectivity index (χ1v) is 12.4. The number of rotatable bonds is 9. The molecule has 196 valence electrons. The number of amides is 1. The Kier molecular flexibility index (Phi) is 9.28. The fourth-order valence-electron chi connectivity index (χ4n) is 4.78. The molecule has 0 saturated carbocycles. The van der Waals surface area contributed by atoms with Gasteiger partial charge in [0.25, 0.3) is 0 Å². The van der Waals surface area contributed by atoms with Crippen molar-refractivity contribution in [3.8, 4) is 0 Å². The summed E-state index contributed by atoms with van der Waals surface area (Å²) in [6.07, 6.45) is 7.50. The van der Waals surface area contributed by atoms with Crippen LogP contribution in [0, 0.1) is 5.92 Å². The topological polar surface area (TPSA) is 138 Å². The Morgan fingerprint density at radius 2 is 1.94 bits per heavy atom. The van der Waals surface area contributed by atoms with Crippen molar-refractivity contribution in [1.82, 2.24) is 5.32 Å². The number of carboxylic acids is 1. The number of carbonyl (C=O) groups excluding carboxylic acids is 1. The average molecular weight is 494 g/mol. The SMILES string of the molecule is CC(/C=C/[C@H]1O[C@H](CC(=O)O)C[C@@]2(CO2)C1O)=C\C[C@@H]1O[C@H](C)[C@H](NC(=O)/C=C\[C@H](C)O)C[C@@H]1C. The van der Waals surface area contributed by atoms with Gasteiger partial charge in [-0.1, -0.05) is 36.8 Å². The van der Waals surface area contributed by atoms with Gasteiger partial charge in [0.1, 0.15) is 17.8 Å². The summed E-state index contributed by atoms with van der Waals surface area (Å²) in [6, 6.07) is -0.0991. The zero-order chi connectivity index (χ0) is 25.8. The summed E-state index contributed by atoms with van der Waals surface area (Å²) in [7, 11) is 0. The summed E-state index contributed by atoms with van der Waals surface area (Å²) in [5.74, 6) is -0.943. The molecular weight excluding hydrogens is 454 g/mol. The highest BCUT2D eigenvalue weighted by Crippen LogP contribution is 2.43. The van der Waals surface area contributed by atoms with Crippen molar-refractivity contribution in [3.05, 3.63) is 36.0 Å². The number of carbonyl (C=O) groups is 2. The van der Waals surface area contributed by atoms with Gasteiger partial charge in [-0.05, 0) is 39.5 Å². The van der Waals surface area contributed by atoms with Crippen LogP contribution in [0.5, 0.6) is 0 Å². The monoisotopic (exact) mass is 493 g/mol. The van der Waals surface area contributed by atoms with Crippen molar-refractivity contribution < 1.29 is 39.1 Å². The highest BCUT2D eigenvalue weighted by molar-refractivity contribution is 5.87. The molecule has 0 aliphatic carbocycles. The molecule has 0 bridgehead atoms. The molecule has 0 aromatic heterocycles. The van der Waals surface area contributed by atoms with Crippen molar-refractivity contribution in [2.45, 2.75) is 102 Å². The standard InChI is InChI=1S/C26H39NO8/c1-15(6-9-22-25(32)26(14-33-26)13-19(35-22)12-24(30)31)5-8-21-16(2)11-20(18(4)34-21)27-23(29)10-7-17(3)28/h5-7,9-10,16-22,25,28,32H,8,11-14H2,1-4H3,(H,27,29)(H,30,31)/b9-6+,10-7-,15-5+/t16-,17-,18+,19+,20+,21-,22+,25?,26+/m0/s1. The molecule has 0 aromatic carbocycles. The lowest BCUT2D eigenvalue weighted by Crippen LogP contribution is -2.50. The first-order valence-electron chi connectivity index (χ1n) is 12.4. The van der Waals surface area contributed by atoms with Crippen LogP contribution in [0.2, 0.25) is 0 Å². The summed E-state index contributed by atoms with van der Waals surface area (Å²) >= 11 is 0. The van der Waals surface area contributed by atoms with Gasteiger partial charge in [0, 0.05) is 12.5 Å². The minimum Gasteiger partial charge on any atom is -0.481 e. The second-order valence-electron chi connectivity index (χ2n) is 10.2. The van der Waals surface area contributed by atoms with Crippen LogP contribution in [0.3, 0.4) is 0 Å². The molecule has 9 nitrogen and oxygen atoms in total. The van der Waals surface area contributed by atoms with Gasteiger partial charge in [0.05, 0.1) is 43.5 Å². The van der Waals surface area contributed by atoms with E-state index in [0.717, 1.165) is 12.0 Å². The summed E-state index contributed by atoms with van der Waals surface area (Å²) < 4.78 is 17.5. The van der Waals surface area contributed by atoms with E-state index in [4.69, 9.17) is 19.3 Å². The molecule has 3 heterocycles. The van der Waals surface area contributed by atoms with Crippen LogP contribution in [0.15, 0.2) is 36.0 Å². The molecule has 1 spiro atoms. The summed E-state index contributed by atoms with van der Waals surface area (Å²) in [6.45, 7) is 8.01. The third kappa shape index (κ3) is 7.72. The minimum absolute atomic E-state index is 0.00843. The van der Waals surface area contributed by atoms with Gasteiger partial charge in [-0.25, -0.2) is 0 Å². The van der Waals surface area contributed by atoms with Gasteiger partial charge in [0.15, 0.2) is 0 Å². The number of aliphatic carboxylic acids is 1. The number of aliphatic hydroxyl groups excluding tert-OH is 2. The van der Waals surface area contributed by atoms with Crippen LogP contribution in [0.1, 0.15) is 53.4 Å². The second-order valence-corrected chi connectivity index (χ2v) is 10.2. The maximum absolute atomic E-state index is 12.1. The van der Waals surface area contributed by atoms with Crippen LogP contribution in [-0.2, 0) is 23.8 Å². The Bertz CT molecular complexity index is 846. The van der Waals surface area contributed by atoms with E-state index >= 15 is 0 Å². The normalized spacial score (nSPS) is 38.7. The Hall–Kier alpha value is -2.04. The smallest absolute Gasteiger partial charge is 0.305 e. The van der Waals surface area contributed by atoms with Gasteiger partial charge < -0.3 is 34.8 Å². The lowest BCUT2D eigenvalue weighted by molar-refractivity contribution is -0.155. The van der Waals surface area contributed by atoms with Gasteiger partial charge in [-0.3, -0.25) is 9.59 Å². The van der Waals surface area contributed by atoms with Crippen molar-refractivity contribution in [1.29, 1.82) is 0 Å². The molecule has 1 unspecified atom stereocenters. The summed E-state index contributed by atoms with van der Waals surface area (Å²) in [5, 5.41) is 32.0. The molecule has 9 heteroatoms. The van der Waals surface area contributed by atoms with Crippen LogP contribution >= 0.6 is 0 Å². The van der Waals surface area contributed by atoms with E-state index in [1.807, 2.05) is 19.9 Å². The van der Waals surface area contributed by atoms with Crippen molar-refractivity contribution in [3.63, 3.8) is 0 Å². The molecule has 4 N–H and O–H groups in total. The largest absolute Gasteiger partial charge is 0.481 e. The van der Waals surface area contributed by atoms with Crippen LogP contribution < -0.4 is 5.32 Å². The number of nitrogens with one attached hydrogen (secondary N) is 1. The maximum atomic E-state index is 12.1. The molecule has 3 saturated heterocycles. The van der Waals surface area contributed by atoms with E-state index in [0.29, 0.717) is 19.4 Å². The minimum atomic E-state index is -0.935. The van der Waals surface area contributed by atoms with E-state index in [-0.39, 0.29) is 36.5 Å². The zero-order valence-electron chi connectivity index (χ0n) is 20.9. The predicted molar refractivity (Wildman–Crippen MR) is 129 cm³/mol. The number of hydrogen-bond acceptors (Lipinski definition) is 7. The molecule has 0 radical (unpaired) electrons. The van der Waals surface area contributed by atoms with E-state index in [2.05, 4.69) is 18.3 Å². The molecule has 0 aromatic rings. The molecular formula is C26H39NO8. The maximum Gasteiger partial charge on any atom is 0.305 e. The number of allylic oxidation sites excluding steroid dienone is 2. The molecule has 1 amide bonds. The molecule has 3 aliphatic rings. The first-order chi connectivity index (χ1) is 16.5. The zero-order valence-corrected chi connectivity index (χ0v) is 20.9. The fourth-order valence-corrected chi connectivity index (χ4v) is 4.78. The molecule has 3 aliphatic heterocycles. The van der Waals surface area contributed by atoms with Gasteiger partial charge >= 0.3 is 5.97 Å². The van der Waals surface area contributed by atoms with E-state index in [9.17, 15) is 19.8 Å². The molecule has 9 atom stereocenters. The lowest BCUT2D eigenvalue weighted by atomic mass is 9.87. The lowest BCUT2D eigenvalue weighted by Gasteiger charge is -2.39. The molecule has 3 rings (SSSR count). The Morgan fingerprint density at radius 1 is 1.23 bits per heavy atom. The van der Waals surface area contributed by atoms with Crippen LogP contribution in [0.4, 0.5) is 0 Å². The van der Waals surface area contributed by atoms with Crippen molar-refractivity contribution in [2.75, 3.05) is 6.61 Å². The van der Waals surface area contributed by atoms with Gasteiger partial charge in [0.2, 0.25) is 5.91 Å². The molecule has 35 heavy (non-hydrogen) atoms. The Morgan fingerprint density at radius 3 is 2.57 bits per heavy atom. The number of epoxide rings is 1. The number of ether oxygens (including phenoxy) is 3. The van der Waals surface area contributed by atoms with Crippen LogP contribution in [0.25, 0.3) is 0 Å². The Balaban J connectivity index is 1.52. The fraction of sp³-hybridized carbons (Fsp3) is 0.692. The van der Waals surface area contributed by atoms with E-state index < -0.39 is 36.0 Å². The van der Waals surface area contributed by atoms with Gasteiger partial charge in [-0.2, -0.15) is 0 Å². The van der Waals surface area contributed by atoms with Gasteiger partial charge in [-0.15, -0.1) is 0 Å². The van der Waals surface area contributed by atoms with Crippen molar-refractivity contribution in [2.24, 2.45) is 5.92 Å². The molecule has 3 fully saturated rings. The highest BCUT2D eigenvalue weighted by atomic mass is 16.6. The average Bonchev–Trinajstić information content (AvgIpc) is 3.54. The number of aliphatic hydroxyl groups is 2.